The maximum Gasteiger partial charge on any atom is 0.427 e. The third-order valence-corrected chi connectivity index (χ3v) is 1.89. The van der Waals surface area contributed by atoms with E-state index in [1.165, 1.54) is 6.07 Å². The number of benzene rings is 1. The molecule has 0 aliphatic carbocycles. The summed E-state index contributed by atoms with van der Waals surface area (Å²) in [6.07, 6.45) is -3.77. The van der Waals surface area contributed by atoms with Gasteiger partial charge >= 0.3 is 6.11 Å². The van der Waals surface area contributed by atoms with Crippen LogP contribution in [0.15, 0.2) is 12.1 Å². The van der Waals surface area contributed by atoms with Crippen LogP contribution in [0.25, 0.3) is 0 Å². The van der Waals surface area contributed by atoms with Gasteiger partial charge in [0.05, 0.1) is 0 Å². The molecule has 0 amide bonds. The Kier molecular flexibility index (Phi) is 3.03. The van der Waals surface area contributed by atoms with Crippen LogP contribution in [0.1, 0.15) is 11.1 Å². The highest BCUT2D eigenvalue weighted by Gasteiger charge is 2.32. The summed E-state index contributed by atoms with van der Waals surface area (Å²) in [5, 5.41) is 0. The van der Waals surface area contributed by atoms with E-state index in [4.69, 9.17) is 0 Å². The number of ether oxygens (including phenoxy) is 1. The first-order valence-corrected chi connectivity index (χ1v) is 4.07. The molecule has 1 aromatic rings. The van der Waals surface area contributed by atoms with Gasteiger partial charge in [-0.15, -0.1) is 0 Å². The van der Waals surface area contributed by atoms with Gasteiger partial charge in [-0.05, 0) is 25.0 Å². The van der Waals surface area contributed by atoms with E-state index in [1.807, 2.05) is 0 Å². The molecule has 0 saturated carbocycles. The molecule has 0 N–H and O–H groups in total. The summed E-state index contributed by atoms with van der Waals surface area (Å²) in [4.78, 5) is 0. The molecule has 0 atom stereocenters. The topological polar surface area (TPSA) is 9.23 Å². The van der Waals surface area contributed by atoms with E-state index < -0.39 is 12.8 Å². The molecule has 0 aliphatic heterocycles. The van der Waals surface area contributed by atoms with Crippen molar-refractivity contribution in [3.8, 4) is 5.75 Å². The summed E-state index contributed by atoms with van der Waals surface area (Å²) in [5.74, 6) is -0.104. The minimum atomic E-state index is -3.77. The van der Waals surface area contributed by atoms with Crippen molar-refractivity contribution in [3.63, 3.8) is 0 Å². The predicted octanol–water partition coefficient (Wildman–Crippen LogP) is 3.04. The van der Waals surface area contributed by atoms with Crippen LogP contribution in [0.4, 0.5) is 13.2 Å². The Bertz CT molecular complexity index is 323. The molecular weight excluding hydrogens is 193 g/mol. The first-order chi connectivity index (χ1) is 6.46. The van der Waals surface area contributed by atoms with E-state index in [2.05, 4.69) is 10.8 Å². The third kappa shape index (κ3) is 2.40. The molecule has 1 rings (SSSR count). The van der Waals surface area contributed by atoms with E-state index in [-0.39, 0.29) is 5.75 Å². The number of hydrogen-bond donors (Lipinski definition) is 0. The number of hydrogen-bond acceptors (Lipinski definition) is 1. The Labute approximate surface area is 80.5 Å². The van der Waals surface area contributed by atoms with Crippen molar-refractivity contribution in [2.45, 2.75) is 20.0 Å². The summed E-state index contributed by atoms with van der Waals surface area (Å²) in [6.45, 7) is 1.54. The molecule has 1 aromatic carbocycles. The highest BCUT2D eigenvalue weighted by molar-refractivity contribution is 5.37. The van der Waals surface area contributed by atoms with Crippen LogP contribution in [0.5, 0.6) is 5.75 Å². The van der Waals surface area contributed by atoms with Crippen molar-refractivity contribution in [2.75, 3.05) is 6.67 Å². The van der Waals surface area contributed by atoms with Gasteiger partial charge in [0.2, 0.25) is 0 Å². The van der Waals surface area contributed by atoms with E-state index in [0.29, 0.717) is 5.56 Å². The van der Waals surface area contributed by atoms with Crippen molar-refractivity contribution < 1.29 is 17.9 Å². The average molecular weight is 203 g/mol. The largest absolute Gasteiger partial charge is 0.430 e. The Balaban J connectivity index is 2.92. The molecule has 0 unspecified atom stereocenters. The molecule has 0 aromatic heterocycles. The molecule has 1 radical (unpaired) electrons. The zero-order valence-corrected chi connectivity index (χ0v) is 7.90. The summed E-state index contributed by atoms with van der Waals surface area (Å²) in [6, 6.07) is 5.68. The summed E-state index contributed by atoms with van der Waals surface area (Å²) in [7, 11) is 0. The van der Waals surface area contributed by atoms with Gasteiger partial charge in [-0.1, -0.05) is 12.1 Å². The molecule has 0 bridgehead atoms. The van der Waals surface area contributed by atoms with Crippen molar-refractivity contribution in [3.05, 3.63) is 29.3 Å². The first kappa shape index (κ1) is 10.9. The zero-order valence-electron chi connectivity index (χ0n) is 7.90. The molecule has 0 saturated heterocycles. The lowest BCUT2D eigenvalue weighted by atomic mass is 10.1. The van der Waals surface area contributed by atoms with Crippen LogP contribution >= 0.6 is 0 Å². The molecule has 0 aliphatic rings. The van der Waals surface area contributed by atoms with Crippen molar-refractivity contribution in [2.24, 2.45) is 0 Å². The van der Waals surface area contributed by atoms with E-state index in [0.717, 1.165) is 5.56 Å². The molecule has 14 heavy (non-hydrogen) atoms. The average Bonchev–Trinajstić information content (AvgIpc) is 2.13. The molecule has 77 valence electrons. The maximum atomic E-state index is 12.5. The Hall–Kier alpha value is -1.19. The molecule has 0 fully saturated rings. The highest BCUT2D eigenvalue weighted by Crippen LogP contribution is 2.26. The van der Waals surface area contributed by atoms with Gasteiger partial charge < -0.3 is 4.74 Å². The Morgan fingerprint density at radius 1 is 1.43 bits per heavy atom. The minimum Gasteiger partial charge on any atom is -0.430 e. The Morgan fingerprint density at radius 2 is 2.07 bits per heavy atom. The lowest BCUT2D eigenvalue weighted by Gasteiger charge is -2.16. The summed E-state index contributed by atoms with van der Waals surface area (Å²) >= 11 is 0. The Morgan fingerprint density at radius 3 is 2.64 bits per heavy atom. The fourth-order valence-corrected chi connectivity index (χ4v) is 0.937. The van der Waals surface area contributed by atoms with Crippen LogP contribution < -0.4 is 4.74 Å². The van der Waals surface area contributed by atoms with Gasteiger partial charge in [0, 0.05) is 6.07 Å². The summed E-state index contributed by atoms with van der Waals surface area (Å²) in [5.41, 5.74) is 1.34. The summed E-state index contributed by atoms with van der Waals surface area (Å²) < 4.78 is 41.1. The van der Waals surface area contributed by atoms with Crippen molar-refractivity contribution >= 4 is 0 Å². The molecule has 4 heteroatoms. The van der Waals surface area contributed by atoms with E-state index in [9.17, 15) is 13.2 Å². The van der Waals surface area contributed by atoms with Crippen molar-refractivity contribution in [1.29, 1.82) is 0 Å². The van der Waals surface area contributed by atoms with Gasteiger partial charge in [-0.25, -0.2) is 4.39 Å². The van der Waals surface area contributed by atoms with E-state index in [1.54, 1.807) is 19.9 Å². The van der Waals surface area contributed by atoms with Gasteiger partial charge in [-0.3, -0.25) is 0 Å². The molecule has 0 heterocycles. The predicted molar refractivity (Wildman–Crippen MR) is 46.3 cm³/mol. The second-order valence-corrected chi connectivity index (χ2v) is 2.99. The fourth-order valence-electron chi connectivity index (χ4n) is 0.937. The zero-order chi connectivity index (χ0) is 10.8. The molecular formula is C10H10F3O. The van der Waals surface area contributed by atoms with Crippen LogP contribution in [-0.4, -0.2) is 12.8 Å². The van der Waals surface area contributed by atoms with Crippen LogP contribution in [0.3, 0.4) is 0 Å². The molecule has 0 spiro atoms. The molecule has 1 nitrogen and oxygen atoms in total. The normalized spacial score (nSPS) is 11.5. The standard InChI is InChI=1S/C10H10F3O/c1-7-4-3-5-9(8(7)2)14-10(12,13)6-11/h3-4H,6H2,1-2H3. The maximum absolute atomic E-state index is 12.5. The third-order valence-electron chi connectivity index (χ3n) is 1.89. The van der Waals surface area contributed by atoms with Crippen LogP contribution in [0.2, 0.25) is 0 Å². The second-order valence-electron chi connectivity index (χ2n) is 2.99. The highest BCUT2D eigenvalue weighted by atomic mass is 19.3. The SMILES string of the molecule is Cc1cc[c]c(OC(F)(F)CF)c1C. The van der Waals surface area contributed by atoms with Gasteiger partial charge in [0.1, 0.15) is 5.75 Å². The first-order valence-electron chi connectivity index (χ1n) is 4.07. The van der Waals surface area contributed by atoms with Gasteiger partial charge in [0.15, 0.2) is 6.67 Å². The number of halogens is 3. The lowest BCUT2D eigenvalue weighted by Crippen LogP contribution is -2.27. The van der Waals surface area contributed by atoms with Crippen molar-refractivity contribution in [1.82, 2.24) is 0 Å². The quantitative estimate of drug-likeness (QED) is 0.733. The smallest absolute Gasteiger partial charge is 0.427 e. The van der Waals surface area contributed by atoms with Gasteiger partial charge in [0.25, 0.3) is 0 Å². The fraction of sp³-hybridized carbons (Fsp3) is 0.400. The lowest BCUT2D eigenvalue weighted by molar-refractivity contribution is -0.186. The van der Waals surface area contributed by atoms with E-state index >= 15 is 0 Å². The van der Waals surface area contributed by atoms with Gasteiger partial charge in [-0.2, -0.15) is 8.78 Å². The number of alkyl halides is 3. The van der Waals surface area contributed by atoms with Crippen LogP contribution in [-0.2, 0) is 0 Å². The minimum absolute atomic E-state index is 0.104. The number of aryl methyl sites for hydroxylation is 1. The monoisotopic (exact) mass is 203 g/mol. The van der Waals surface area contributed by atoms with Crippen LogP contribution in [0, 0.1) is 19.9 Å². The number of rotatable bonds is 3. The second kappa shape index (κ2) is 3.90.